The van der Waals surface area contributed by atoms with Crippen LogP contribution in [0.25, 0.3) is 0 Å². The summed E-state index contributed by atoms with van der Waals surface area (Å²) in [5, 5.41) is 7.45. The Hall–Kier alpha value is -1.75. The molecule has 2 aromatic rings. The van der Waals surface area contributed by atoms with Crippen LogP contribution < -0.4 is 5.32 Å². The van der Waals surface area contributed by atoms with E-state index in [0.29, 0.717) is 5.56 Å². The first-order valence-electron chi connectivity index (χ1n) is 6.87. The highest BCUT2D eigenvalue weighted by Crippen LogP contribution is 2.25. The number of aromatic nitrogens is 2. The molecular weight excluding hydrogens is 260 g/mol. The average Bonchev–Trinajstić information content (AvgIpc) is 2.92. The molecule has 108 valence electrons. The third kappa shape index (κ3) is 3.04. The molecule has 1 N–H and O–H groups in total. The van der Waals surface area contributed by atoms with Crippen molar-refractivity contribution in [3.8, 4) is 0 Å². The molecule has 0 radical (unpaired) electrons. The molecule has 20 heavy (non-hydrogen) atoms. The molecule has 3 nitrogen and oxygen atoms in total. The maximum Gasteiger partial charge on any atom is 0.163 e. The van der Waals surface area contributed by atoms with Crippen molar-refractivity contribution in [1.82, 2.24) is 15.1 Å². The molecule has 0 saturated carbocycles. The second kappa shape index (κ2) is 6.61. The van der Waals surface area contributed by atoms with Crippen LogP contribution in [0, 0.1) is 11.6 Å². The summed E-state index contributed by atoms with van der Waals surface area (Å²) in [6.45, 7) is 5.47. The molecule has 0 aliphatic rings. The number of halogens is 2. The molecule has 5 heteroatoms. The van der Waals surface area contributed by atoms with Gasteiger partial charge >= 0.3 is 0 Å². The summed E-state index contributed by atoms with van der Waals surface area (Å²) in [7, 11) is 0. The Kier molecular flexibility index (Phi) is 4.84. The van der Waals surface area contributed by atoms with Gasteiger partial charge in [-0.15, -0.1) is 0 Å². The monoisotopic (exact) mass is 279 g/mol. The molecule has 0 fully saturated rings. The first-order valence-corrected chi connectivity index (χ1v) is 6.87. The lowest BCUT2D eigenvalue weighted by Crippen LogP contribution is -2.24. The Bertz CT molecular complexity index is 566. The zero-order chi connectivity index (χ0) is 14.5. The van der Waals surface area contributed by atoms with Gasteiger partial charge in [-0.2, -0.15) is 5.10 Å². The fourth-order valence-electron chi connectivity index (χ4n) is 2.14. The average molecular weight is 279 g/mol. The van der Waals surface area contributed by atoms with Crippen molar-refractivity contribution in [2.75, 3.05) is 6.54 Å². The second-order valence-corrected chi connectivity index (χ2v) is 4.66. The van der Waals surface area contributed by atoms with Gasteiger partial charge in [0.2, 0.25) is 0 Å². The van der Waals surface area contributed by atoms with Crippen LogP contribution in [0.3, 0.4) is 0 Å². The van der Waals surface area contributed by atoms with Gasteiger partial charge < -0.3 is 5.32 Å². The molecule has 0 aliphatic heterocycles. The van der Waals surface area contributed by atoms with Crippen LogP contribution in [-0.2, 0) is 6.54 Å². The SMILES string of the molecule is CCCNC(c1cnn(CC)c1)c1cccc(F)c1F. The molecule has 0 amide bonds. The van der Waals surface area contributed by atoms with E-state index in [4.69, 9.17) is 0 Å². The lowest BCUT2D eigenvalue weighted by atomic mass is 10.0. The van der Waals surface area contributed by atoms with Gasteiger partial charge in [0.25, 0.3) is 0 Å². The molecule has 1 heterocycles. The number of benzene rings is 1. The van der Waals surface area contributed by atoms with Crippen molar-refractivity contribution in [3.63, 3.8) is 0 Å². The number of nitrogens with zero attached hydrogens (tertiary/aromatic N) is 2. The summed E-state index contributed by atoms with van der Waals surface area (Å²) in [4.78, 5) is 0. The van der Waals surface area contributed by atoms with Crippen molar-refractivity contribution in [2.24, 2.45) is 0 Å². The Morgan fingerprint density at radius 1 is 1.30 bits per heavy atom. The molecule has 2 rings (SSSR count). The summed E-state index contributed by atoms with van der Waals surface area (Å²) in [6.07, 6.45) is 4.47. The lowest BCUT2D eigenvalue weighted by molar-refractivity contribution is 0.480. The smallest absolute Gasteiger partial charge is 0.163 e. The van der Waals surface area contributed by atoms with E-state index in [1.807, 2.05) is 20.0 Å². The second-order valence-electron chi connectivity index (χ2n) is 4.66. The summed E-state index contributed by atoms with van der Waals surface area (Å²) in [6, 6.07) is 3.88. The maximum absolute atomic E-state index is 14.0. The molecule has 0 bridgehead atoms. The highest BCUT2D eigenvalue weighted by atomic mass is 19.2. The number of hydrogen-bond donors (Lipinski definition) is 1. The maximum atomic E-state index is 14.0. The summed E-state index contributed by atoms with van der Waals surface area (Å²) >= 11 is 0. The van der Waals surface area contributed by atoms with Crippen LogP contribution in [0.5, 0.6) is 0 Å². The van der Waals surface area contributed by atoms with Gasteiger partial charge in [0, 0.05) is 23.9 Å². The number of hydrogen-bond acceptors (Lipinski definition) is 2. The van der Waals surface area contributed by atoms with E-state index in [2.05, 4.69) is 10.4 Å². The van der Waals surface area contributed by atoms with E-state index in [1.165, 1.54) is 6.07 Å². The minimum absolute atomic E-state index is 0.314. The van der Waals surface area contributed by atoms with Gasteiger partial charge in [-0.1, -0.05) is 19.1 Å². The zero-order valence-corrected chi connectivity index (χ0v) is 11.7. The fraction of sp³-hybridized carbons (Fsp3) is 0.400. The zero-order valence-electron chi connectivity index (χ0n) is 11.7. The van der Waals surface area contributed by atoms with Crippen molar-refractivity contribution in [2.45, 2.75) is 32.9 Å². The fourth-order valence-corrected chi connectivity index (χ4v) is 2.14. The van der Waals surface area contributed by atoms with Gasteiger partial charge in [0.05, 0.1) is 12.2 Å². The van der Waals surface area contributed by atoms with Crippen molar-refractivity contribution in [1.29, 1.82) is 0 Å². The quantitative estimate of drug-likeness (QED) is 0.879. The lowest BCUT2D eigenvalue weighted by Gasteiger charge is -2.18. The standard InChI is InChI=1S/C15H19F2N3/c1-3-8-18-15(11-9-19-20(4-2)10-11)12-6-5-7-13(16)14(12)17/h5-7,9-10,15,18H,3-4,8H2,1-2H3. The first-order chi connectivity index (χ1) is 9.67. The molecule has 1 unspecified atom stereocenters. The Labute approximate surface area is 117 Å². The van der Waals surface area contributed by atoms with Gasteiger partial charge in [0.1, 0.15) is 0 Å². The number of nitrogens with one attached hydrogen (secondary N) is 1. The molecular formula is C15H19F2N3. The van der Waals surface area contributed by atoms with Gasteiger partial charge in [-0.05, 0) is 26.0 Å². The van der Waals surface area contributed by atoms with Crippen LogP contribution in [0.1, 0.15) is 37.4 Å². The van der Waals surface area contributed by atoms with Crippen LogP contribution in [0.2, 0.25) is 0 Å². The molecule has 1 aromatic heterocycles. The largest absolute Gasteiger partial charge is 0.306 e. The van der Waals surface area contributed by atoms with Crippen molar-refractivity contribution < 1.29 is 8.78 Å². The molecule has 1 aromatic carbocycles. The van der Waals surface area contributed by atoms with Crippen LogP contribution in [0.4, 0.5) is 8.78 Å². The summed E-state index contributed by atoms with van der Waals surface area (Å²) < 4.78 is 29.2. The highest BCUT2D eigenvalue weighted by Gasteiger charge is 2.20. The molecule has 0 spiro atoms. The van der Waals surface area contributed by atoms with Gasteiger partial charge in [0.15, 0.2) is 11.6 Å². The Balaban J connectivity index is 2.38. The normalized spacial score (nSPS) is 12.6. The number of aryl methyl sites for hydroxylation is 1. The Morgan fingerprint density at radius 2 is 2.10 bits per heavy atom. The predicted molar refractivity (Wildman–Crippen MR) is 74.4 cm³/mol. The molecule has 0 aliphatic carbocycles. The highest BCUT2D eigenvalue weighted by molar-refractivity contribution is 5.31. The van der Waals surface area contributed by atoms with Crippen molar-refractivity contribution >= 4 is 0 Å². The minimum Gasteiger partial charge on any atom is -0.306 e. The van der Waals surface area contributed by atoms with E-state index in [0.717, 1.165) is 31.1 Å². The van der Waals surface area contributed by atoms with E-state index >= 15 is 0 Å². The van der Waals surface area contributed by atoms with Gasteiger partial charge in [-0.3, -0.25) is 4.68 Å². The third-order valence-electron chi connectivity index (χ3n) is 3.20. The Morgan fingerprint density at radius 3 is 2.75 bits per heavy atom. The summed E-state index contributed by atoms with van der Waals surface area (Å²) in [5.41, 5.74) is 1.15. The molecule has 0 saturated heterocycles. The topological polar surface area (TPSA) is 29.9 Å². The van der Waals surface area contributed by atoms with Crippen LogP contribution in [-0.4, -0.2) is 16.3 Å². The minimum atomic E-state index is -0.825. The number of rotatable bonds is 6. The third-order valence-corrected chi connectivity index (χ3v) is 3.20. The molecule has 1 atom stereocenters. The van der Waals surface area contributed by atoms with E-state index in [9.17, 15) is 8.78 Å². The van der Waals surface area contributed by atoms with E-state index in [-0.39, 0.29) is 6.04 Å². The van der Waals surface area contributed by atoms with Crippen LogP contribution in [0.15, 0.2) is 30.6 Å². The van der Waals surface area contributed by atoms with Crippen molar-refractivity contribution in [3.05, 3.63) is 53.4 Å². The van der Waals surface area contributed by atoms with E-state index < -0.39 is 11.6 Å². The summed E-state index contributed by atoms with van der Waals surface area (Å²) in [5.74, 6) is -1.63. The van der Waals surface area contributed by atoms with E-state index in [1.54, 1.807) is 16.9 Å². The predicted octanol–water partition coefficient (Wildman–Crippen LogP) is 3.27. The van der Waals surface area contributed by atoms with Gasteiger partial charge in [-0.25, -0.2) is 8.78 Å². The van der Waals surface area contributed by atoms with Crippen LogP contribution >= 0.6 is 0 Å². The first kappa shape index (κ1) is 14.7.